The lowest BCUT2D eigenvalue weighted by Gasteiger charge is -2.39. The topological polar surface area (TPSA) is 47.3 Å². The van der Waals surface area contributed by atoms with Crippen LogP contribution < -0.4 is 0 Å². The number of nitrogens with zero attached hydrogens (tertiary/aromatic N) is 2. The van der Waals surface area contributed by atoms with E-state index < -0.39 is 6.10 Å². The Morgan fingerprint density at radius 1 is 1.65 bits per heavy atom. The largest absolute Gasteiger partial charge is 0.387 e. The fourth-order valence-electron chi connectivity index (χ4n) is 3.50. The lowest BCUT2D eigenvalue weighted by atomic mass is 9.81. The number of ether oxygens (including phenoxy) is 1. The van der Waals surface area contributed by atoms with Crippen molar-refractivity contribution in [2.75, 3.05) is 18.1 Å². The highest BCUT2D eigenvalue weighted by Gasteiger charge is 2.42. The van der Waals surface area contributed by atoms with Crippen LogP contribution in [0.1, 0.15) is 43.7 Å². The molecule has 1 N–H and O–H groups in total. The van der Waals surface area contributed by atoms with Crippen molar-refractivity contribution >= 4 is 11.8 Å². The molecule has 112 valence electrons. The zero-order valence-corrected chi connectivity index (χ0v) is 13.2. The lowest BCUT2D eigenvalue weighted by molar-refractivity contribution is -0.103. The maximum absolute atomic E-state index is 10.8. The molecule has 20 heavy (non-hydrogen) atoms. The molecule has 1 aromatic heterocycles. The van der Waals surface area contributed by atoms with E-state index in [9.17, 15) is 5.11 Å². The normalized spacial score (nSPS) is 31.9. The van der Waals surface area contributed by atoms with E-state index in [-0.39, 0.29) is 5.60 Å². The van der Waals surface area contributed by atoms with Gasteiger partial charge in [-0.05, 0) is 50.8 Å². The summed E-state index contributed by atoms with van der Waals surface area (Å²) in [5, 5.41) is 15.2. The van der Waals surface area contributed by atoms with Gasteiger partial charge in [0.15, 0.2) is 0 Å². The molecule has 2 aliphatic heterocycles. The van der Waals surface area contributed by atoms with Crippen molar-refractivity contribution in [1.29, 1.82) is 0 Å². The fraction of sp³-hybridized carbons (Fsp3) is 0.800. The second-order valence-corrected chi connectivity index (χ2v) is 7.16. The monoisotopic (exact) mass is 296 g/mol. The van der Waals surface area contributed by atoms with Gasteiger partial charge in [-0.2, -0.15) is 16.9 Å². The number of aryl methyl sites for hydroxylation is 2. The molecule has 3 rings (SSSR count). The number of aromatic nitrogens is 2. The predicted molar refractivity (Wildman–Crippen MR) is 80.9 cm³/mol. The molecular formula is C15H24N2O2S. The van der Waals surface area contributed by atoms with E-state index in [4.69, 9.17) is 4.74 Å². The summed E-state index contributed by atoms with van der Waals surface area (Å²) in [5.74, 6) is 2.57. The summed E-state index contributed by atoms with van der Waals surface area (Å²) in [6, 6.07) is 2.03. The molecule has 5 heteroatoms. The average Bonchev–Trinajstić information content (AvgIpc) is 3.05. The third-order valence-corrected chi connectivity index (χ3v) is 5.80. The molecule has 0 bridgehead atoms. The Morgan fingerprint density at radius 2 is 2.50 bits per heavy atom. The van der Waals surface area contributed by atoms with Crippen LogP contribution in [-0.2, 0) is 11.3 Å². The average molecular weight is 296 g/mol. The van der Waals surface area contributed by atoms with Gasteiger partial charge in [0.1, 0.15) is 0 Å². The van der Waals surface area contributed by atoms with Crippen LogP contribution in [0.15, 0.2) is 6.07 Å². The van der Waals surface area contributed by atoms with Crippen LogP contribution in [0.5, 0.6) is 0 Å². The molecule has 0 aromatic carbocycles. The van der Waals surface area contributed by atoms with Crippen LogP contribution in [0.25, 0.3) is 0 Å². The molecule has 3 atom stereocenters. The second kappa shape index (κ2) is 5.70. The summed E-state index contributed by atoms with van der Waals surface area (Å²) < 4.78 is 7.99. The van der Waals surface area contributed by atoms with Gasteiger partial charge in [-0.3, -0.25) is 4.68 Å². The van der Waals surface area contributed by atoms with Crippen molar-refractivity contribution in [3.05, 3.63) is 17.5 Å². The summed E-state index contributed by atoms with van der Waals surface area (Å²) in [6.45, 7) is 5.65. The molecule has 0 aliphatic carbocycles. The number of aliphatic hydroxyl groups is 1. The maximum atomic E-state index is 10.8. The number of thioether (sulfide) groups is 1. The van der Waals surface area contributed by atoms with Gasteiger partial charge in [-0.25, -0.2) is 0 Å². The zero-order valence-electron chi connectivity index (χ0n) is 12.3. The Hall–Kier alpha value is -0.520. The molecule has 1 aromatic rings. The first-order valence-corrected chi connectivity index (χ1v) is 8.73. The molecule has 2 saturated heterocycles. The maximum Gasteiger partial charge on any atom is 0.0986 e. The van der Waals surface area contributed by atoms with E-state index in [0.29, 0.717) is 5.92 Å². The molecule has 4 nitrogen and oxygen atoms in total. The Morgan fingerprint density at radius 3 is 3.20 bits per heavy atom. The Kier molecular flexibility index (Phi) is 4.11. The molecule has 2 aliphatic rings. The van der Waals surface area contributed by atoms with Crippen LogP contribution in [0, 0.1) is 12.8 Å². The fourth-order valence-corrected chi connectivity index (χ4v) is 4.88. The Bertz CT molecular complexity index is 468. The van der Waals surface area contributed by atoms with Crippen molar-refractivity contribution < 1.29 is 9.84 Å². The van der Waals surface area contributed by atoms with Crippen molar-refractivity contribution in [3.8, 4) is 0 Å². The smallest absolute Gasteiger partial charge is 0.0986 e. The lowest BCUT2D eigenvalue weighted by Crippen LogP contribution is -2.41. The highest BCUT2D eigenvalue weighted by molar-refractivity contribution is 7.99. The first-order chi connectivity index (χ1) is 9.63. The summed E-state index contributed by atoms with van der Waals surface area (Å²) in [7, 11) is 0. The van der Waals surface area contributed by atoms with Gasteiger partial charge in [0, 0.05) is 18.9 Å². The van der Waals surface area contributed by atoms with Crippen molar-refractivity contribution in [2.45, 2.75) is 51.4 Å². The molecule has 3 heterocycles. The quantitative estimate of drug-likeness (QED) is 0.931. The number of hydrogen-bond donors (Lipinski definition) is 1. The van der Waals surface area contributed by atoms with E-state index in [1.165, 1.54) is 5.75 Å². The van der Waals surface area contributed by atoms with E-state index in [1.807, 2.05) is 29.4 Å². The van der Waals surface area contributed by atoms with E-state index in [1.54, 1.807) is 0 Å². The van der Waals surface area contributed by atoms with Gasteiger partial charge in [0.2, 0.25) is 0 Å². The van der Waals surface area contributed by atoms with Gasteiger partial charge >= 0.3 is 0 Å². The minimum Gasteiger partial charge on any atom is -0.387 e. The van der Waals surface area contributed by atoms with Crippen molar-refractivity contribution in [2.24, 2.45) is 5.92 Å². The van der Waals surface area contributed by atoms with Crippen molar-refractivity contribution in [3.63, 3.8) is 0 Å². The standard InChI is InChI=1S/C15H24N2O2S/c1-3-17-13(8-11(2)16-17)14(18)12-4-6-19-15(9-12)5-7-20-10-15/h8,12,14,18H,3-7,9-10H2,1-2H3. The Labute approximate surface area is 124 Å². The van der Waals surface area contributed by atoms with E-state index in [0.717, 1.165) is 49.6 Å². The molecule has 0 amide bonds. The van der Waals surface area contributed by atoms with Crippen LogP contribution >= 0.6 is 11.8 Å². The Balaban J connectivity index is 1.77. The third kappa shape index (κ3) is 2.63. The van der Waals surface area contributed by atoms with Gasteiger partial charge < -0.3 is 9.84 Å². The number of hydrogen-bond acceptors (Lipinski definition) is 4. The molecule has 0 radical (unpaired) electrons. The molecule has 0 saturated carbocycles. The van der Waals surface area contributed by atoms with Gasteiger partial charge in [0.05, 0.1) is 23.1 Å². The molecule has 2 fully saturated rings. The van der Waals surface area contributed by atoms with Crippen LogP contribution in [0.2, 0.25) is 0 Å². The molecule has 3 unspecified atom stereocenters. The number of rotatable bonds is 3. The molecule has 1 spiro atoms. The summed E-state index contributed by atoms with van der Waals surface area (Å²) in [6.07, 6.45) is 2.64. The summed E-state index contributed by atoms with van der Waals surface area (Å²) in [4.78, 5) is 0. The number of aliphatic hydroxyl groups excluding tert-OH is 1. The minimum atomic E-state index is -0.414. The first-order valence-electron chi connectivity index (χ1n) is 7.58. The zero-order chi connectivity index (χ0) is 14.2. The van der Waals surface area contributed by atoms with Gasteiger partial charge in [-0.1, -0.05) is 0 Å². The SMILES string of the molecule is CCn1nc(C)cc1C(O)C1CCOC2(CCSC2)C1. The predicted octanol–water partition coefficient (Wildman–Crippen LogP) is 2.55. The first kappa shape index (κ1) is 14.4. The second-order valence-electron chi connectivity index (χ2n) is 6.06. The highest BCUT2D eigenvalue weighted by Crippen LogP contribution is 2.44. The van der Waals surface area contributed by atoms with Crippen molar-refractivity contribution in [1.82, 2.24) is 9.78 Å². The molecular weight excluding hydrogens is 272 g/mol. The highest BCUT2D eigenvalue weighted by atomic mass is 32.2. The van der Waals surface area contributed by atoms with Gasteiger partial charge in [0.25, 0.3) is 0 Å². The van der Waals surface area contributed by atoms with Gasteiger partial charge in [-0.15, -0.1) is 0 Å². The van der Waals surface area contributed by atoms with Crippen LogP contribution in [-0.4, -0.2) is 38.6 Å². The summed E-state index contributed by atoms with van der Waals surface area (Å²) >= 11 is 1.98. The van der Waals surface area contributed by atoms with Crippen LogP contribution in [0.4, 0.5) is 0 Å². The van der Waals surface area contributed by atoms with E-state index >= 15 is 0 Å². The minimum absolute atomic E-state index is 0.0284. The summed E-state index contributed by atoms with van der Waals surface area (Å²) in [5.41, 5.74) is 1.98. The van der Waals surface area contributed by atoms with Crippen LogP contribution in [0.3, 0.4) is 0 Å². The van der Waals surface area contributed by atoms with E-state index in [2.05, 4.69) is 12.0 Å². The third-order valence-electron chi connectivity index (χ3n) is 4.58.